The van der Waals surface area contributed by atoms with Gasteiger partial charge in [0.1, 0.15) is 0 Å². The SMILES string of the molecule is O=C(CNCCc1ccc(Br)s1)N1CCc2sccc2C1. The van der Waals surface area contributed by atoms with Crippen LogP contribution in [0, 0.1) is 0 Å². The van der Waals surface area contributed by atoms with Crippen LogP contribution in [0.1, 0.15) is 15.3 Å². The first-order valence-electron chi connectivity index (χ1n) is 7.00. The van der Waals surface area contributed by atoms with E-state index in [-0.39, 0.29) is 5.91 Å². The molecule has 2 aromatic rings. The summed E-state index contributed by atoms with van der Waals surface area (Å²) in [5.74, 6) is 0.208. The summed E-state index contributed by atoms with van der Waals surface area (Å²) in [5.41, 5.74) is 1.32. The van der Waals surface area contributed by atoms with Gasteiger partial charge in [0.25, 0.3) is 0 Å². The smallest absolute Gasteiger partial charge is 0.236 e. The number of carbonyl (C=O) groups excluding carboxylic acids is 1. The number of hydrogen-bond acceptors (Lipinski definition) is 4. The van der Waals surface area contributed by atoms with Crippen molar-refractivity contribution in [2.24, 2.45) is 0 Å². The molecule has 0 atom stereocenters. The average Bonchev–Trinajstić information content (AvgIpc) is 3.11. The number of halogens is 1. The van der Waals surface area contributed by atoms with Crippen LogP contribution in [0.3, 0.4) is 0 Å². The molecule has 112 valence electrons. The quantitative estimate of drug-likeness (QED) is 0.802. The van der Waals surface area contributed by atoms with Gasteiger partial charge in [0, 0.05) is 29.4 Å². The summed E-state index contributed by atoms with van der Waals surface area (Å²) < 4.78 is 1.16. The Balaban J connectivity index is 1.41. The number of amides is 1. The van der Waals surface area contributed by atoms with Crippen LogP contribution in [-0.4, -0.2) is 30.4 Å². The van der Waals surface area contributed by atoms with Crippen LogP contribution in [0.15, 0.2) is 27.4 Å². The third kappa shape index (κ3) is 3.94. The van der Waals surface area contributed by atoms with Gasteiger partial charge in [-0.25, -0.2) is 0 Å². The van der Waals surface area contributed by atoms with Crippen LogP contribution in [0.4, 0.5) is 0 Å². The summed E-state index contributed by atoms with van der Waals surface area (Å²) in [6.45, 7) is 2.91. The van der Waals surface area contributed by atoms with Gasteiger partial charge in [0.15, 0.2) is 0 Å². The second kappa shape index (κ2) is 7.05. The molecule has 21 heavy (non-hydrogen) atoms. The van der Waals surface area contributed by atoms with E-state index in [1.165, 1.54) is 15.3 Å². The number of fused-ring (bicyclic) bond motifs is 1. The Morgan fingerprint density at radius 1 is 1.38 bits per heavy atom. The van der Waals surface area contributed by atoms with E-state index in [0.717, 1.165) is 36.3 Å². The summed E-state index contributed by atoms with van der Waals surface area (Å²) in [7, 11) is 0. The molecule has 3 heterocycles. The highest BCUT2D eigenvalue weighted by molar-refractivity contribution is 9.11. The topological polar surface area (TPSA) is 32.3 Å². The molecule has 0 aromatic carbocycles. The van der Waals surface area contributed by atoms with Gasteiger partial charge in [0.05, 0.1) is 10.3 Å². The molecular weight excluding hydrogens is 368 g/mol. The summed E-state index contributed by atoms with van der Waals surface area (Å²) in [5, 5.41) is 5.38. The molecule has 0 spiro atoms. The summed E-state index contributed by atoms with van der Waals surface area (Å²) in [6, 6.07) is 6.33. The van der Waals surface area contributed by atoms with Gasteiger partial charge >= 0.3 is 0 Å². The van der Waals surface area contributed by atoms with Crippen molar-refractivity contribution < 1.29 is 4.79 Å². The summed E-state index contributed by atoms with van der Waals surface area (Å²) >= 11 is 7.02. The highest BCUT2D eigenvalue weighted by atomic mass is 79.9. The molecule has 0 saturated heterocycles. The number of hydrogen-bond donors (Lipinski definition) is 1. The third-order valence-corrected chi connectivity index (χ3v) is 6.32. The van der Waals surface area contributed by atoms with Gasteiger partial charge in [-0.15, -0.1) is 22.7 Å². The maximum atomic E-state index is 12.2. The summed E-state index contributed by atoms with van der Waals surface area (Å²) in [6.07, 6.45) is 1.97. The van der Waals surface area contributed by atoms with Crippen LogP contribution >= 0.6 is 38.6 Å². The average molecular weight is 385 g/mol. The van der Waals surface area contributed by atoms with Gasteiger partial charge in [-0.3, -0.25) is 4.79 Å². The molecule has 0 saturated carbocycles. The standard InChI is InChI=1S/C15H17BrN2OS2/c16-14-2-1-12(21-14)3-6-17-9-15(19)18-7-4-13-11(10-18)5-8-20-13/h1-2,5,8,17H,3-4,6-7,9-10H2. The van der Waals surface area contributed by atoms with Gasteiger partial charge in [-0.05, 0) is 57.9 Å². The van der Waals surface area contributed by atoms with Crippen LogP contribution in [0.5, 0.6) is 0 Å². The maximum Gasteiger partial charge on any atom is 0.236 e. The zero-order chi connectivity index (χ0) is 14.7. The number of thiophene rings is 2. The van der Waals surface area contributed by atoms with Crippen molar-refractivity contribution in [1.82, 2.24) is 10.2 Å². The zero-order valence-electron chi connectivity index (χ0n) is 11.6. The Morgan fingerprint density at radius 3 is 3.10 bits per heavy atom. The van der Waals surface area contributed by atoms with Crippen LogP contribution in [0.25, 0.3) is 0 Å². The lowest BCUT2D eigenvalue weighted by molar-refractivity contribution is -0.131. The Labute approximate surface area is 141 Å². The van der Waals surface area contributed by atoms with E-state index in [1.807, 2.05) is 4.90 Å². The lowest BCUT2D eigenvalue weighted by Crippen LogP contribution is -2.41. The Hall–Kier alpha value is -0.690. The van der Waals surface area contributed by atoms with Gasteiger partial charge in [-0.1, -0.05) is 0 Å². The first-order chi connectivity index (χ1) is 10.2. The number of rotatable bonds is 5. The molecule has 0 radical (unpaired) electrons. The Morgan fingerprint density at radius 2 is 2.29 bits per heavy atom. The molecule has 1 N–H and O–H groups in total. The van der Waals surface area contributed by atoms with Gasteiger partial charge in [-0.2, -0.15) is 0 Å². The molecule has 3 rings (SSSR count). The van der Waals surface area contributed by atoms with E-state index in [9.17, 15) is 4.79 Å². The van der Waals surface area contributed by atoms with Gasteiger partial charge < -0.3 is 10.2 Å². The number of nitrogens with one attached hydrogen (secondary N) is 1. The van der Waals surface area contributed by atoms with E-state index in [1.54, 1.807) is 22.7 Å². The molecule has 1 aliphatic heterocycles. The van der Waals surface area contributed by atoms with E-state index < -0.39 is 0 Å². The van der Waals surface area contributed by atoms with Crippen molar-refractivity contribution in [1.29, 1.82) is 0 Å². The molecule has 6 heteroatoms. The van der Waals surface area contributed by atoms with Crippen LogP contribution in [0.2, 0.25) is 0 Å². The minimum Gasteiger partial charge on any atom is -0.337 e. The first-order valence-corrected chi connectivity index (χ1v) is 9.49. The van der Waals surface area contributed by atoms with Crippen molar-refractivity contribution >= 4 is 44.5 Å². The molecule has 1 amide bonds. The van der Waals surface area contributed by atoms with E-state index in [2.05, 4.69) is 44.8 Å². The molecule has 0 bridgehead atoms. The molecule has 1 aliphatic rings. The maximum absolute atomic E-state index is 12.2. The molecule has 0 unspecified atom stereocenters. The largest absolute Gasteiger partial charge is 0.337 e. The number of carbonyl (C=O) groups is 1. The molecule has 2 aromatic heterocycles. The Bertz CT molecular complexity index is 623. The normalized spacial score (nSPS) is 14.2. The highest BCUT2D eigenvalue weighted by Crippen LogP contribution is 2.24. The Kier molecular flexibility index (Phi) is 5.11. The predicted octanol–water partition coefficient (Wildman–Crippen LogP) is 3.29. The lowest BCUT2D eigenvalue weighted by atomic mass is 10.1. The minimum atomic E-state index is 0.208. The van der Waals surface area contributed by atoms with Gasteiger partial charge in [0.2, 0.25) is 5.91 Å². The predicted molar refractivity (Wildman–Crippen MR) is 92.0 cm³/mol. The van der Waals surface area contributed by atoms with E-state index in [0.29, 0.717) is 6.54 Å². The van der Waals surface area contributed by atoms with Crippen LogP contribution in [-0.2, 0) is 24.2 Å². The fourth-order valence-corrected chi connectivity index (χ4v) is 4.84. The second-order valence-electron chi connectivity index (χ2n) is 5.07. The molecule has 3 nitrogen and oxygen atoms in total. The zero-order valence-corrected chi connectivity index (χ0v) is 14.8. The highest BCUT2D eigenvalue weighted by Gasteiger charge is 2.20. The van der Waals surface area contributed by atoms with Crippen molar-refractivity contribution in [2.75, 3.05) is 19.6 Å². The van der Waals surface area contributed by atoms with E-state index >= 15 is 0 Å². The van der Waals surface area contributed by atoms with Crippen molar-refractivity contribution in [3.05, 3.63) is 42.7 Å². The van der Waals surface area contributed by atoms with E-state index in [4.69, 9.17) is 0 Å². The first kappa shape index (κ1) is 15.2. The fraction of sp³-hybridized carbons (Fsp3) is 0.400. The molecular formula is C15H17BrN2OS2. The van der Waals surface area contributed by atoms with Crippen molar-refractivity contribution in [3.8, 4) is 0 Å². The number of nitrogens with zero attached hydrogens (tertiary/aromatic N) is 1. The monoisotopic (exact) mass is 384 g/mol. The summed E-state index contributed by atoms with van der Waals surface area (Å²) in [4.78, 5) is 16.9. The molecule has 0 aliphatic carbocycles. The second-order valence-corrected chi connectivity index (χ2v) is 8.62. The fourth-order valence-electron chi connectivity index (χ4n) is 2.47. The lowest BCUT2D eigenvalue weighted by Gasteiger charge is -2.27. The van der Waals surface area contributed by atoms with Crippen molar-refractivity contribution in [3.63, 3.8) is 0 Å². The minimum absolute atomic E-state index is 0.208. The van der Waals surface area contributed by atoms with Crippen LogP contribution < -0.4 is 5.32 Å². The third-order valence-electron chi connectivity index (χ3n) is 3.61. The molecule has 0 fully saturated rings. The van der Waals surface area contributed by atoms with Crippen molar-refractivity contribution in [2.45, 2.75) is 19.4 Å².